The van der Waals surface area contributed by atoms with Crippen LogP contribution in [-0.2, 0) is 11.3 Å². The number of carbonyl (C=O) groups excluding carboxylic acids is 1. The molecule has 1 aromatic rings. The third kappa shape index (κ3) is 2.49. The third-order valence-corrected chi connectivity index (χ3v) is 3.17. The van der Waals surface area contributed by atoms with Crippen LogP contribution < -0.4 is 5.32 Å². The van der Waals surface area contributed by atoms with Crippen molar-refractivity contribution in [2.45, 2.75) is 38.9 Å². The molecular formula is C12H20N4O. The predicted octanol–water partition coefficient (Wildman–Crippen LogP) is 0.784. The van der Waals surface area contributed by atoms with Crippen molar-refractivity contribution in [2.24, 2.45) is 0 Å². The van der Waals surface area contributed by atoms with Gasteiger partial charge in [0.15, 0.2) is 0 Å². The number of nitrogens with one attached hydrogen (secondary N) is 1. The van der Waals surface area contributed by atoms with Crippen molar-refractivity contribution in [2.75, 3.05) is 13.6 Å². The quantitative estimate of drug-likeness (QED) is 0.840. The number of imidazole rings is 1. The van der Waals surface area contributed by atoms with Gasteiger partial charge in [-0.2, -0.15) is 0 Å². The van der Waals surface area contributed by atoms with Crippen LogP contribution in [0.15, 0.2) is 12.5 Å². The first kappa shape index (κ1) is 12.1. The van der Waals surface area contributed by atoms with E-state index in [1.54, 1.807) is 11.2 Å². The molecule has 5 heteroatoms. The number of carbonyl (C=O) groups is 1. The lowest BCUT2D eigenvalue weighted by molar-refractivity contribution is -0.129. The fraction of sp³-hybridized carbons (Fsp3) is 0.667. The van der Waals surface area contributed by atoms with Crippen molar-refractivity contribution >= 4 is 5.91 Å². The number of aromatic nitrogens is 2. The molecule has 1 aliphatic rings. The maximum Gasteiger partial charge on any atom is 0.245 e. The van der Waals surface area contributed by atoms with E-state index in [2.05, 4.69) is 24.1 Å². The summed E-state index contributed by atoms with van der Waals surface area (Å²) in [5, 5.41) is 3.35. The van der Waals surface area contributed by atoms with Gasteiger partial charge in [-0.25, -0.2) is 4.98 Å². The van der Waals surface area contributed by atoms with E-state index in [9.17, 15) is 4.79 Å². The van der Waals surface area contributed by atoms with Gasteiger partial charge in [-0.3, -0.25) is 4.79 Å². The second-order valence-corrected chi connectivity index (χ2v) is 4.89. The SMILES string of the molecule is CC(C)NCc1cncn1C1CCN(C)C1=O. The second-order valence-electron chi connectivity index (χ2n) is 4.89. The summed E-state index contributed by atoms with van der Waals surface area (Å²) < 4.78 is 2.00. The second kappa shape index (κ2) is 4.87. The normalized spacial score (nSPS) is 20.6. The molecule has 0 radical (unpaired) electrons. The molecule has 0 saturated carbocycles. The molecule has 1 aromatic heterocycles. The van der Waals surface area contributed by atoms with Gasteiger partial charge < -0.3 is 14.8 Å². The molecule has 2 heterocycles. The molecule has 0 spiro atoms. The molecule has 5 nitrogen and oxygen atoms in total. The molecule has 94 valence electrons. The fourth-order valence-corrected chi connectivity index (χ4v) is 2.12. The molecule has 1 N–H and O–H groups in total. The molecule has 0 aromatic carbocycles. The van der Waals surface area contributed by atoms with Gasteiger partial charge in [0.1, 0.15) is 6.04 Å². The Kier molecular flexibility index (Phi) is 3.47. The molecule has 17 heavy (non-hydrogen) atoms. The zero-order chi connectivity index (χ0) is 12.4. The van der Waals surface area contributed by atoms with Gasteiger partial charge in [0, 0.05) is 32.4 Å². The first-order chi connectivity index (χ1) is 8.09. The highest BCUT2D eigenvalue weighted by Crippen LogP contribution is 2.23. The largest absolute Gasteiger partial charge is 0.344 e. The van der Waals surface area contributed by atoms with Crippen LogP contribution in [0.25, 0.3) is 0 Å². The smallest absolute Gasteiger partial charge is 0.245 e. The van der Waals surface area contributed by atoms with Crippen LogP contribution in [0.4, 0.5) is 0 Å². The number of nitrogens with zero attached hydrogens (tertiary/aromatic N) is 3. The summed E-state index contributed by atoms with van der Waals surface area (Å²) in [6, 6.07) is 0.367. The monoisotopic (exact) mass is 236 g/mol. The molecule has 1 saturated heterocycles. The van der Waals surface area contributed by atoms with Gasteiger partial charge in [-0.1, -0.05) is 13.8 Å². The maximum absolute atomic E-state index is 12.0. The minimum absolute atomic E-state index is 0.0635. The van der Waals surface area contributed by atoms with Gasteiger partial charge in [-0.15, -0.1) is 0 Å². The molecule has 0 aliphatic carbocycles. The van der Waals surface area contributed by atoms with E-state index >= 15 is 0 Å². The number of likely N-dealkylation sites (N-methyl/N-ethyl adjacent to an activating group) is 1. The lowest BCUT2D eigenvalue weighted by Gasteiger charge is -2.16. The molecule has 1 atom stereocenters. The van der Waals surface area contributed by atoms with Crippen molar-refractivity contribution in [3.63, 3.8) is 0 Å². The minimum Gasteiger partial charge on any atom is -0.344 e. The van der Waals surface area contributed by atoms with Crippen molar-refractivity contribution in [1.29, 1.82) is 0 Å². The number of hydrogen-bond acceptors (Lipinski definition) is 3. The van der Waals surface area contributed by atoms with Gasteiger partial charge in [0.25, 0.3) is 0 Å². The summed E-state index contributed by atoms with van der Waals surface area (Å²) in [5.74, 6) is 0.189. The van der Waals surface area contributed by atoms with Gasteiger partial charge >= 0.3 is 0 Å². The van der Waals surface area contributed by atoms with E-state index in [4.69, 9.17) is 0 Å². The third-order valence-electron chi connectivity index (χ3n) is 3.17. The maximum atomic E-state index is 12.0. The number of hydrogen-bond donors (Lipinski definition) is 1. The average Bonchev–Trinajstić information content (AvgIpc) is 2.85. The molecule has 1 unspecified atom stereocenters. The summed E-state index contributed by atoms with van der Waals surface area (Å²) in [4.78, 5) is 17.9. The highest BCUT2D eigenvalue weighted by Gasteiger charge is 2.31. The van der Waals surface area contributed by atoms with Crippen LogP contribution in [0, 0.1) is 0 Å². The van der Waals surface area contributed by atoms with Gasteiger partial charge in [-0.05, 0) is 6.42 Å². The number of rotatable bonds is 4. The van der Waals surface area contributed by atoms with Crippen molar-refractivity contribution in [1.82, 2.24) is 19.8 Å². The van der Waals surface area contributed by atoms with Crippen LogP contribution in [0.2, 0.25) is 0 Å². The van der Waals surface area contributed by atoms with E-state index in [0.29, 0.717) is 6.04 Å². The van der Waals surface area contributed by atoms with Crippen molar-refractivity contribution < 1.29 is 4.79 Å². The van der Waals surface area contributed by atoms with Crippen molar-refractivity contribution in [3.8, 4) is 0 Å². The van der Waals surface area contributed by atoms with Crippen LogP contribution in [0.3, 0.4) is 0 Å². The first-order valence-electron chi connectivity index (χ1n) is 6.08. The van der Waals surface area contributed by atoms with E-state index in [0.717, 1.165) is 25.2 Å². The fourth-order valence-electron chi connectivity index (χ4n) is 2.12. The molecule has 0 bridgehead atoms. The molecule has 1 amide bonds. The van der Waals surface area contributed by atoms with Gasteiger partial charge in [0.2, 0.25) is 5.91 Å². The van der Waals surface area contributed by atoms with E-state index in [1.165, 1.54) is 0 Å². The summed E-state index contributed by atoms with van der Waals surface area (Å²) in [6.07, 6.45) is 4.47. The summed E-state index contributed by atoms with van der Waals surface area (Å²) in [5.41, 5.74) is 1.08. The van der Waals surface area contributed by atoms with Crippen LogP contribution in [0.1, 0.15) is 32.0 Å². The number of likely N-dealkylation sites (tertiary alicyclic amines) is 1. The van der Waals surface area contributed by atoms with Crippen LogP contribution in [0.5, 0.6) is 0 Å². The zero-order valence-corrected chi connectivity index (χ0v) is 10.7. The van der Waals surface area contributed by atoms with Crippen LogP contribution >= 0.6 is 0 Å². The molecular weight excluding hydrogens is 216 g/mol. The number of amides is 1. The van der Waals surface area contributed by atoms with Gasteiger partial charge in [0.05, 0.1) is 12.0 Å². The lowest BCUT2D eigenvalue weighted by atomic mass is 10.2. The van der Waals surface area contributed by atoms with E-state index < -0.39 is 0 Å². The zero-order valence-electron chi connectivity index (χ0n) is 10.7. The Morgan fingerprint density at radius 3 is 2.94 bits per heavy atom. The van der Waals surface area contributed by atoms with Crippen molar-refractivity contribution in [3.05, 3.63) is 18.2 Å². The predicted molar refractivity (Wildman–Crippen MR) is 65.5 cm³/mol. The molecule has 1 aliphatic heterocycles. The lowest BCUT2D eigenvalue weighted by Crippen LogP contribution is -2.27. The Hall–Kier alpha value is -1.36. The Bertz CT molecular complexity index is 399. The molecule has 1 fully saturated rings. The highest BCUT2D eigenvalue weighted by atomic mass is 16.2. The standard InChI is InChI=1S/C12H20N4O/c1-9(2)14-7-10-6-13-8-16(10)11-4-5-15(3)12(11)17/h6,8-9,11,14H,4-5,7H2,1-3H3. The summed E-state index contributed by atoms with van der Waals surface area (Å²) in [7, 11) is 1.85. The van der Waals surface area contributed by atoms with Crippen LogP contribution in [-0.4, -0.2) is 40.0 Å². The minimum atomic E-state index is -0.0635. The Labute approximate surface area is 102 Å². The topological polar surface area (TPSA) is 50.2 Å². The Morgan fingerprint density at radius 2 is 2.35 bits per heavy atom. The van der Waals surface area contributed by atoms with E-state index in [1.807, 2.05) is 17.8 Å². The molecule has 2 rings (SSSR count). The summed E-state index contributed by atoms with van der Waals surface area (Å²) in [6.45, 7) is 5.80. The van der Waals surface area contributed by atoms with E-state index in [-0.39, 0.29) is 11.9 Å². The first-order valence-corrected chi connectivity index (χ1v) is 6.08. The summed E-state index contributed by atoms with van der Waals surface area (Å²) >= 11 is 0. The Morgan fingerprint density at radius 1 is 1.59 bits per heavy atom. The Balaban J connectivity index is 2.11. The highest BCUT2D eigenvalue weighted by molar-refractivity contribution is 5.82. The average molecular weight is 236 g/mol.